The van der Waals surface area contributed by atoms with Crippen LogP contribution in [0.5, 0.6) is 0 Å². The maximum atomic E-state index is 2.48. The molecule has 0 saturated heterocycles. The maximum absolute atomic E-state index is 2.48. The summed E-state index contributed by atoms with van der Waals surface area (Å²) in [7, 11) is 0. The first-order valence-electron chi connectivity index (χ1n) is 10.2. The Morgan fingerprint density at radius 1 is 0.481 bits per heavy atom. The molecule has 4 aromatic carbocycles. The van der Waals surface area contributed by atoms with E-state index in [1.807, 2.05) is 0 Å². The molecule has 4 aromatic rings. The molecule has 0 fully saturated rings. The molecule has 1 radical (unpaired) electrons. The van der Waals surface area contributed by atoms with E-state index in [0.717, 1.165) is 0 Å². The minimum Gasteiger partial charge on any atom is -0.0616 e. The second-order valence-electron chi connectivity index (χ2n) is 7.35. The Bertz CT molecular complexity index is 919. The summed E-state index contributed by atoms with van der Waals surface area (Å²) in [4.78, 5) is 0. The molecule has 0 aliphatic rings. The van der Waals surface area contributed by atoms with Crippen LogP contribution < -0.4 is 0 Å². The van der Waals surface area contributed by atoms with Crippen LogP contribution in [-0.2, 0) is 12.8 Å². The average Bonchev–Trinajstić information content (AvgIpc) is 2.73. The van der Waals surface area contributed by atoms with Crippen molar-refractivity contribution in [2.75, 3.05) is 0 Å². The summed E-state index contributed by atoms with van der Waals surface area (Å²) < 4.78 is 0. The minimum absolute atomic E-state index is 1.17. The van der Waals surface area contributed by atoms with Crippen LogP contribution in [-0.4, -0.2) is 0 Å². The van der Waals surface area contributed by atoms with Crippen molar-refractivity contribution in [1.29, 1.82) is 0 Å². The van der Waals surface area contributed by atoms with Gasteiger partial charge in [-0.1, -0.05) is 84.9 Å². The zero-order chi connectivity index (χ0) is 18.3. The van der Waals surface area contributed by atoms with Gasteiger partial charge < -0.3 is 0 Å². The molecule has 0 unspecified atom stereocenters. The van der Waals surface area contributed by atoms with Crippen molar-refractivity contribution in [3.8, 4) is 0 Å². The summed E-state index contributed by atoms with van der Waals surface area (Å²) in [6.45, 7) is 0. The van der Waals surface area contributed by atoms with Crippen molar-refractivity contribution < 1.29 is 0 Å². The van der Waals surface area contributed by atoms with Gasteiger partial charge in [0.2, 0.25) is 0 Å². The Labute approximate surface area is 162 Å². The topological polar surface area (TPSA) is 0 Å². The smallest absolute Gasteiger partial charge is 0.0152 e. The van der Waals surface area contributed by atoms with Crippen molar-refractivity contribution in [3.05, 3.63) is 102 Å². The molecular formula is C27H27. The molecule has 0 bridgehead atoms. The van der Waals surface area contributed by atoms with Crippen molar-refractivity contribution in [2.45, 2.75) is 38.5 Å². The van der Waals surface area contributed by atoms with E-state index in [2.05, 4.69) is 91.3 Å². The Kier molecular flexibility index (Phi) is 5.84. The third-order valence-electron chi connectivity index (χ3n) is 5.47. The van der Waals surface area contributed by atoms with Crippen LogP contribution in [0.2, 0.25) is 0 Å². The molecule has 0 aliphatic carbocycles. The van der Waals surface area contributed by atoms with Crippen LogP contribution >= 0.6 is 0 Å². The highest BCUT2D eigenvalue weighted by Gasteiger charge is 2.02. The van der Waals surface area contributed by atoms with E-state index in [4.69, 9.17) is 0 Å². The zero-order valence-electron chi connectivity index (χ0n) is 15.9. The first-order valence-corrected chi connectivity index (χ1v) is 10.2. The summed E-state index contributed by atoms with van der Waals surface area (Å²) in [5.74, 6) is 0. The predicted octanol–water partition coefficient (Wildman–Crippen LogP) is 7.54. The minimum atomic E-state index is 1.17. The number of unbranched alkanes of at least 4 members (excludes halogenated alkanes) is 4. The van der Waals surface area contributed by atoms with E-state index >= 15 is 0 Å². The lowest BCUT2D eigenvalue weighted by Crippen LogP contribution is -1.90. The molecule has 0 saturated carbocycles. The number of aryl methyl sites for hydroxylation is 2. The van der Waals surface area contributed by atoms with Crippen LogP contribution in [0, 0.1) is 6.42 Å². The van der Waals surface area contributed by atoms with Gasteiger partial charge in [0, 0.05) is 0 Å². The summed E-state index contributed by atoms with van der Waals surface area (Å²) in [6, 6.07) is 30.8. The second-order valence-corrected chi connectivity index (χ2v) is 7.35. The normalized spacial score (nSPS) is 11.3. The Morgan fingerprint density at radius 3 is 1.44 bits per heavy atom. The fraction of sp³-hybridized carbons (Fsp3) is 0.222. The van der Waals surface area contributed by atoms with Gasteiger partial charge in [-0.15, -0.1) is 0 Å². The van der Waals surface area contributed by atoms with Gasteiger partial charge in [-0.3, -0.25) is 0 Å². The van der Waals surface area contributed by atoms with Gasteiger partial charge in [0.15, 0.2) is 0 Å². The molecule has 0 amide bonds. The van der Waals surface area contributed by atoms with Crippen LogP contribution in [0.3, 0.4) is 0 Å². The maximum Gasteiger partial charge on any atom is -0.0152 e. The van der Waals surface area contributed by atoms with Gasteiger partial charge in [-0.2, -0.15) is 0 Å². The van der Waals surface area contributed by atoms with Crippen LogP contribution in [0.25, 0.3) is 21.5 Å². The number of hydrogen-bond donors (Lipinski definition) is 0. The highest BCUT2D eigenvalue weighted by Crippen LogP contribution is 2.22. The number of hydrogen-bond acceptors (Lipinski definition) is 0. The number of rotatable bonds is 8. The SMILES string of the molecule is [CH](CCCc1cccc2ccccc12)CCCc1cccc2ccccc12. The van der Waals surface area contributed by atoms with Gasteiger partial charge >= 0.3 is 0 Å². The second kappa shape index (κ2) is 8.86. The summed E-state index contributed by atoms with van der Waals surface area (Å²) in [5, 5.41) is 5.54. The molecule has 0 spiro atoms. The molecule has 0 heteroatoms. The van der Waals surface area contributed by atoms with E-state index < -0.39 is 0 Å². The Balaban J connectivity index is 1.22. The lowest BCUT2D eigenvalue weighted by Gasteiger charge is -2.08. The molecule has 0 N–H and O–H groups in total. The average molecular weight is 352 g/mol. The summed E-state index contributed by atoms with van der Waals surface area (Å²) >= 11 is 0. The number of fused-ring (bicyclic) bond motifs is 2. The molecule has 135 valence electrons. The van der Waals surface area contributed by atoms with Gasteiger partial charge in [0.25, 0.3) is 0 Å². The van der Waals surface area contributed by atoms with Gasteiger partial charge in [0.05, 0.1) is 0 Å². The van der Waals surface area contributed by atoms with E-state index in [-0.39, 0.29) is 0 Å². The van der Waals surface area contributed by atoms with Gasteiger partial charge in [-0.05, 0) is 77.6 Å². The predicted molar refractivity (Wildman–Crippen MR) is 118 cm³/mol. The van der Waals surface area contributed by atoms with E-state index in [0.29, 0.717) is 0 Å². The quantitative estimate of drug-likeness (QED) is 0.288. The Morgan fingerprint density at radius 2 is 0.926 bits per heavy atom. The third kappa shape index (κ3) is 4.39. The monoisotopic (exact) mass is 351 g/mol. The number of benzene rings is 4. The van der Waals surface area contributed by atoms with E-state index in [1.165, 1.54) is 71.2 Å². The van der Waals surface area contributed by atoms with Crippen LogP contribution in [0.4, 0.5) is 0 Å². The van der Waals surface area contributed by atoms with Crippen LogP contribution in [0.15, 0.2) is 84.9 Å². The van der Waals surface area contributed by atoms with Crippen molar-refractivity contribution >= 4 is 21.5 Å². The van der Waals surface area contributed by atoms with Crippen molar-refractivity contribution in [3.63, 3.8) is 0 Å². The zero-order valence-corrected chi connectivity index (χ0v) is 15.9. The fourth-order valence-electron chi connectivity index (χ4n) is 4.04. The molecule has 0 nitrogen and oxygen atoms in total. The van der Waals surface area contributed by atoms with Gasteiger partial charge in [-0.25, -0.2) is 0 Å². The highest BCUT2D eigenvalue weighted by atomic mass is 14.1. The first kappa shape index (κ1) is 17.8. The Hall–Kier alpha value is -2.60. The molecule has 4 rings (SSSR count). The third-order valence-corrected chi connectivity index (χ3v) is 5.47. The van der Waals surface area contributed by atoms with Crippen LogP contribution in [0.1, 0.15) is 36.8 Å². The van der Waals surface area contributed by atoms with Crippen molar-refractivity contribution in [2.24, 2.45) is 0 Å². The molecule has 0 heterocycles. The standard InChI is InChI=1S/C27H27/c1(2-4-12-22-16-10-18-24-14-6-8-20-26(22)24)3-5-13-23-17-11-19-25-15-7-9-21-27(23)25/h1,6-11,14-21H,2-5,12-13H2. The lowest BCUT2D eigenvalue weighted by atomic mass is 9.97. The molecule has 27 heavy (non-hydrogen) atoms. The van der Waals surface area contributed by atoms with Gasteiger partial charge in [0.1, 0.15) is 0 Å². The molecule has 0 aliphatic heterocycles. The van der Waals surface area contributed by atoms with E-state index in [9.17, 15) is 0 Å². The molecule has 0 atom stereocenters. The highest BCUT2D eigenvalue weighted by molar-refractivity contribution is 5.86. The molecule has 0 aromatic heterocycles. The fourth-order valence-corrected chi connectivity index (χ4v) is 4.04. The lowest BCUT2D eigenvalue weighted by molar-refractivity contribution is 0.728. The van der Waals surface area contributed by atoms with Crippen molar-refractivity contribution in [1.82, 2.24) is 0 Å². The first-order chi connectivity index (χ1) is 13.4. The van der Waals surface area contributed by atoms with E-state index in [1.54, 1.807) is 0 Å². The largest absolute Gasteiger partial charge is 0.0616 e. The molecular weight excluding hydrogens is 324 g/mol. The summed E-state index contributed by atoms with van der Waals surface area (Å²) in [5.41, 5.74) is 2.97. The summed E-state index contributed by atoms with van der Waals surface area (Å²) in [6.07, 6.45) is 9.71.